The molecule has 0 fully saturated rings. The van der Waals surface area contributed by atoms with E-state index in [2.05, 4.69) is 21.2 Å². The van der Waals surface area contributed by atoms with E-state index in [0.717, 1.165) is 23.9 Å². The molecule has 0 bridgehead atoms. The Labute approximate surface area is 103 Å². The van der Waals surface area contributed by atoms with Gasteiger partial charge in [0.2, 0.25) is 0 Å². The van der Waals surface area contributed by atoms with Gasteiger partial charge < -0.3 is 5.32 Å². The fourth-order valence-corrected chi connectivity index (χ4v) is 1.75. The third-order valence-electron chi connectivity index (χ3n) is 2.07. The first-order chi connectivity index (χ1) is 7.24. The van der Waals surface area contributed by atoms with Crippen LogP contribution in [0.3, 0.4) is 0 Å². The second kappa shape index (κ2) is 7.20. The zero-order chi connectivity index (χ0) is 11.1. The van der Waals surface area contributed by atoms with Crippen molar-refractivity contribution in [1.29, 1.82) is 0 Å². The molecule has 0 aliphatic heterocycles. The normalized spacial score (nSPS) is 10.6. The SMILES string of the molecule is Fc1cc(Br)ccc1CNCCCCCl. The first-order valence-electron chi connectivity index (χ1n) is 4.94. The topological polar surface area (TPSA) is 12.0 Å². The summed E-state index contributed by atoms with van der Waals surface area (Å²) in [6.45, 7) is 1.45. The lowest BCUT2D eigenvalue weighted by molar-refractivity contribution is 0.579. The highest BCUT2D eigenvalue weighted by Crippen LogP contribution is 2.14. The van der Waals surface area contributed by atoms with E-state index in [-0.39, 0.29) is 5.82 Å². The van der Waals surface area contributed by atoms with Gasteiger partial charge in [-0.2, -0.15) is 0 Å². The second-order valence-electron chi connectivity index (χ2n) is 3.31. The largest absolute Gasteiger partial charge is 0.313 e. The molecule has 15 heavy (non-hydrogen) atoms. The molecule has 1 N–H and O–H groups in total. The molecule has 84 valence electrons. The van der Waals surface area contributed by atoms with Crippen LogP contribution >= 0.6 is 27.5 Å². The number of halogens is 3. The Bertz CT molecular complexity index is 307. The van der Waals surface area contributed by atoms with E-state index < -0.39 is 0 Å². The Morgan fingerprint density at radius 3 is 2.80 bits per heavy atom. The van der Waals surface area contributed by atoms with Gasteiger partial charge in [-0.3, -0.25) is 0 Å². The van der Waals surface area contributed by atoms with E-state index >= 15 is 0 Å². The number of rotatable bonds is 6. The van der Waals surface area contributed by atoms with Crippen LogP contribution in [0.5, 0.6) is 0 Å². The fraction of sp³-hybridized carbons (Fsp3) is 0.455. The summed E-state index contributed by atoms with van der Waals surface area (Å²) in [6.07, 6.45) is 2.03. The number of hydrogen-bond acceptors (Lipinski definition) is 1. The van der Waals surface area contributed by atoms with Crippen molar-refractivity contribution in [2.24, 2.45) is 0 Å². The van der Waals surface area contributed by atoms with Crippen molar-refractivity contribution in [3.63, 3.8) is 0 Å². The van der Waals surface area contributed by atoms with Gasteiger partial charge in [0.15, 0.2) is 0 Å². The van der Waals surface area contributed by atoms with Crippen LogP contribution in [-0.4, -0.2) is 12.4 Å². The molecule has 0 amide bonds. The summed E-state index contributed by atoms with van der Waals surface area (Å²) in [5.41, 5.74) is 0.698. The Kier molecular flexibility index (Phi) is 6.22. The van der Waals surface area contributed by atoms with Gasteiger partial charge in [0, 0.05) is 22.5 Å². The van der Waals surface area contributed by atoms with Crippen LogP contribution < -0.4 is 5.32 Å². The van der Waals surface area contributed by atoms with E-state index in [1.54, 1.807) is 6.07 Å². The van der Waals surface area contributed by atoms with Crippen molar-refractivity contribution >= 4 is 27.5 Å². The van der Waals surface area contributed by atoms with E-state index in [1.807, 2.05) is 6.07 Å². The van der Waals surface area contributed by atoms with Crippen LogP contribution in [0.4, 0.5) is 4.39 Å². The van der Waals surface area contributed by atoms with Gasteiger partial charge in [-0.1, -0.05) is 22.0 Å². The summed E-state index contributed by atoms with van der Waals surface area (Å²) in [5.74, 6) is 0.517. The summed E-state index contributed by atoms with van der Waals surface area (Å²) < 4.78 is 14.1. The third kappa shape index (κ3) is 4.96. The van der Waals surface area contributed by atoms with Crippen LogP contribution in [0.1, 0.15) is 18.4 Å². The van der Waals surface area contributed by atoms with Crippen molar-refractivity contribution in [2.45, 2.75) is 19.4 Å². The number of nitrogens with one attached hydrogen (secondary N) is 1. The minimum atomic E-state index is -0.172. The molecule has 0 radical (unpaired) electrons. The predicted molar refractivity (Wildman–Crippen MR) is 65.8 cm³/mol. The monoisotopic (exact) mass is 293 g/mol. The van der Waals surface area contributed by atoms with Gasteiger partial charge in [-0.15, -0.1) is 11.6 Å². The highest BCUT2D eigenvalue weighted by Gasteiger charge is 2.01. The number of benzene rings is 1. The molecule has 1 rings (SSSR count). The number of hydrogen-bond donors (Lipinski definition) is 1. The molecule has 0 unspecified atom stereocenters. The standard InChI is InChI=1S/C11H14BrClFN/c12-10-4-3-9(11(14)7-10)8-15-6-2-1-5-13/h3-4,7,15H,1-2,5-6,8H2. The van der Waals surface area contributed by atoms with Gasteiger partial charge in [0.1, 0.15) is 5.82 Å². The predicted octanol–water partition coefficient (Wildman–Crippen LogP) is 3.70. The number of alkyl halides is 1. The fourth-order valence-electron chi connectivity index (χ4n) is 1.23. The second-order valence-corrected chi connectivity index (χ2v) is 4.60. The molecule has 1 aromatic carbocycles. The third-order valence-corrected chi connectivity index (χ3v) is 2.83. The van der Waals surface area contributed by atoms with Crippen molar-refractivity contribution in [3.05, 3.63) is 34.1 Å². The van der Waals surface area contributed by atoms with E-state index in [4.69, 9.17) is 11.6 Å². The maximum Gasteiger partial charge on any atom is 0.128 e. The van der Waals surface area contributed by atoms with Crippen molar-refractivity contribution < 1.29 is 4.39 Å². The molecule has 0 aliphatic rings. The van der Waals surface area contributed by atoms with Crippen molar-refractivity contribution in [1.82, 2.24) is 5.32 Å². The molecule has 0 saturated heterocycles. The summed E-state index contributed by atoms with van der Waals surface area (Å²) in [4.78, 5) is 0. The van der Waals surface area contributed by atoms with E-state index in [1.165, 1.54) is 6.07 Å². The Morgan fingerprint density at radius 2 is 2.13 bits per heavy atom. The molecule has 0 spiro atoms. The van der Waals surface area contributed by atoms with Gasteiger partial charge in [0.25, 0.3) is 0 Å². The maximum absolute atomic E-state index is 13.3. The molecular formula is C11H14BrClFN. The van der Waals surface area contributed by atoms with E-state index in [0.29, 0.717) is 18.0 Å². The lowest BCUT2D eigenvalue weighted by atomic mass is 10.2. The van der Waals surface area contributed by atoms with Crippen molar-refractivity contribution in [3.8, 4) is 0 Å². The maximum atomic E-state index is 13.3. The Hall–Kier alpha value is -0.120. The van der Waals surface area contributed by atoms with Gasteiger partial charge in [-0.25, -0.2) is 4.39 Å². The first kappa shape index (κ1) is 12.9. The molecular weight excluding hydrogens is 280 g/mol. The molecule has 0 aliphatic carbocycles. The molecule has 1 nitrogen and oxygen atoms in total. The first-order valence-corrected chi connectivity index (χ1v) is 6.27. The van der Waals surface area contributed by atoms with Crippen LogP contribution in [0.2, 0.25) is 0 Å². The smallest absolute Gasteiger partial charge is 0.128 e. The summed E-state index contributed by atoms with van der Waals surface area (Å²) in [6, 6.07) is 5.11. The minimum absolute atomic E-state index is 0.172. The lowest BCUT2D eigenvalue weighted by Crippen LogP contribution is -2.15. The average Bonchev–Trinajstić information content (AvgIpc) is 2.20. The summed E-state index contributed by atoms with van der Waals surface area (Å²) >= 11 is 8.77. The molecule has 4 heteroatoms. The zero-order valence-electron chi connectivity index (χ0n) is 8.40. The molecule has 0 aromatic heterocycles. The van der Waals surface area contributed by atoms with Crippen LogP contribution in [0.15, 0.2) is 22.7 Å². The summed E-state index contributed by atoms with van der Waals surface area (Å²) in [5, 5.41) is 3.18. The average molecular weight is 295 g/mol. The molecule has 1 aromatic rings. The highest BCUT2D eigenvalue weighted by atomic mass is 79.9. The molecule has 0 saturated carbocycles. The summed E-state index contributed by atoms with van der Waals surface area (Å²) in [7, 11) is 0. The Morgan fingerprint density at radius 1 is 1.33 bits per heavy atom. The molecule has 0 heterocycles. The van der Waals surface area contributed by atoms with Crippen LogP contribution in [0, 0.1) is 5.82 Å². The van der Waals surface area contributed by atoms with Gasteiger partial charge >= 0.3 is 0 Å². The minimum Gasteiger partial charge on any atom is -0.313 e. The highest BCUT2D eigenvalue weighted by molar-refractivity contribution is 9.10. The van der Waals surface area contributed by atoms with Crippen LogP contribution in [0.25, 0.3) is 0 Å². The lowest BCUT2D eigenvalue weighted by Gasteiger charge is -2.05. The van der Waals surface area contributed by atoms with Crippen molar-refractivity contribution in [2.75, 3.05) is 12.4 Å². The molecule has 0 atom stereocenters. The quantitative estimate of drug-likeness (QED) is 0.623. The zero-order valence-corrected chi connectivity index (χ0v) is 10.7. The Balaban J connectivity index is 2.31. The van der Waals surface area contributed by atoms with Gasteiger partial charge in [-0.05, 0) is 31.5 Å². The number of unbranched alkanes of at least 4 members (excludes halogenated alkanes) is 1. The van der Waals surface area contributed by atoms with Gasteiger partial charge in [0.05, 0.1) is 0 Å². The van der Waals surface area contributed by atoms with Crippen LogP contribution in [-0.2, 0) is 6.54 Å². The van der Waals surface area contributed by atoms with E-state index in [9.17, 15) is 4.39 Å².